The Morgan fingerprint density at radius 3 is 3.06 bits per heavy atom. The number of hydrogen-bond acceptors (Lipinski definition) is 3. The lowest BCUT2D eigenvalue weighted by Crippen LogP contribution is -2.33. The monoisotopic (exact) mass is 234 g/mol. The van der Waals surface area contributed by atoms with Crippen molar-refractivity contribution in [3.05, 3.63) is 23.8 Å². The van der Waals surface area contributed by atoms with Crippen LogP contribution in [0.2, 0.25) is 0 Å². The van der Waals surface area contributed by atoms with Crippen molar-refractivity contribution < 1.29 is 4.74 Å². The topological polar surface area (TPSA) is 33.3 Å². The first-order valence-corrected chi connectivity index (χ1v) is 6.39. The maximum atomic E-state index is 5.25. The first kappa shape index (κ1) is 12.2. The quantitative estimate of drug-likeness (QED) is 0.839. The summed E-state index contributed by atoms with van der Waals surface area (Å²) in [6, 6.07) is 6.18. The molecule has 0 saturated carbocycles. The van der Waals surface area contributed by atoms with Crippen molar-refractivity contribution in [1.29, 1.82) is 0 Å². The second-order valence-corrected chi connectivity index (χ2v) is 4.77. The molecule has 0 bridgehead atoms. The van der Waals surface area contributed by atoms with Crippen molar-refractivity contribution in [2.45, 2.75) is 19.8 Å². The smallest absolute Gasteiger partial charge is 0.120 e. The van der Waals surface area contributed by atoms with Crippen LogP contribution in [0.1, 0.15) is 18.4 Å². The Morgan fingerprint density at radius 1 is 1.47 bits per heavy atom. The summed E-state index contributed by atoms with van der Waals surface area (Å²) in [7, 11) is 1.71. The summed E-state index contributed by atoms with van der Waals surface area (Å²) < 4.78 is 5.25. The SMILES string of the molecule is COc1ccc(C)c(NCC2CCCNC2)c1. The van der Waals surface area contributed by atoms with Gasteiger partial charge in [0.25, 0.3) is 0 Å². The largest absolute Gasteiger partial charge is 0.497 e. The fourth-order valence-electron chi connectivity index (χ4n) is 2.27. The normalized spacial score (nSPS) is 20.0. The summed E-state index contributed by atoms with van der Waals surface area (Å²) in [5.74, 6) is 1.66. The lowest BCUT2D eigenvalue weighted by Gasteiger charge is -2.24. The average Bonchev–Trinajstić information content (AvgIpc) is 2.39. The molecule has 2 N–H and O–H groups in total. The van der Waals surface area contributed by atoms with Crippen LogP contribution in [0.5, 0.6) is 5.75 Å². The van der Waals surface area contributed by atoms with Gasteiger partial charge in [0.1, 0.15) is 5.75 Å². The summed E-state index contributed by atoms with van der Waals surface area (Å²) in [6.45, 7) is 5.48. The van der Waals surface area contributed by atoms with Gasteiger partial charge in [-0.05, 0) is 50.4 Å². The van der Waals surface area contributed by atoms with E-state index in [0.29, 0.717) is 0 Å². The Labute approximate surface area is 104 Å². The van der Waals surface area contributed by atoms with E-state index < -0.39 is 0 Å². The molecule has 1 fully saturated rings. The highest BCUT2D eigenvalue weighted by molar-refractivity contribution is 5.54. The number of rotatable bonds is 4. The van der Waals surface area contributed by atoms with Crippen molar-refractivity contribution in [2.24, 2.45) is 5.92 Å². The van der Waals surface area contributed by atoms with Crippen LogP contribution in [0.3, 0.4) is 0 Å². The highest BCUT2D eigenvalue weighted by Gasteiger charge is 2.12. The third kappa shape index (κ3) is 3.37. The van der Waals surface area contributed by atoms with Crippen molar-refractivity contribution in [1.82, 2.24) is 5.32 Å². The van der Waals surface area contributed by atoms with Gasteiger partial charge in [0.15, 0.2) is 0 Å². The third-order valence-corrected chi connectivity index (χ3v) is 3.42. The van der Waals surface area contributed by atoms with E-state index in [-0.39, 0.29) is 0 Å². The van der Waals surface area contributed by atoms with Gasteiger partial charge in [-0.2, -0.15) is 0 Å². The van der Waals surface area contributed by atoms with Crippen LogP contribution in [0.4, 0.5) is 5.69 Å². The van der Waals surface area contributed by atoms with Crippen LogP contribution in [0.25, 0.3) is 0 Å². The zero-order valence-corrected chi connectivity index (χ0v) is 10.8. The second-order valence-electron chi connectivity index (χ2n) is 4.77. The highest BCUT2D eigenvalue weighted by Crippen LogP contribution is 2.22. The van der Waals surface area contributed by atoms with Crippen molar-refractivity contribution >= 4 is 5.69 Å². The van der Waals surface area contributed by atoms with Gasteiger partial charge in [0, 0.05) is 18.3 Å². The molecular weight excluding hydrogens is 212 g/mol. The molecule has 1 aliphatic heterocycles. The Morgan fingerprint density at radius 2 is 2.35 bits per heavy atom. The zero-order valence-electron chi connectivity index (χ0n) is 10.8. The Balaban J connectivity index is 1.92. The number of piperidine rings is 1. The molecule has 1 aromatic rings. The fourth-order valence-corrected chi connectivity index (χ4v) is 2.27. The molecule has 17 heavy (non-hydrogen) atoms. The number of hydrogen-bond donors (Lipinski definition) is 2. The Bertz CT molecular complexity index is 359. The van der Waals surface area contributed by atoms with Crippen LogP contribution in [0.15, 0.2) is 18.2 Å². The van der Waals surface area contributed by atoms with E-state index in [1.807, 2.05) is 6.07 Å². The maximum absolute atomic E-state index is 5.25. The van der Waals surface area contributed by atoms with E-state index >= 15 is 0 Å². The van der Waals surface area contributed by atoms with Crippen LogP contribution in [-0.4, -0.2) is 26.7 Å². The van der Waals surface area contributed by atoms with Gasteiger partial charge < -0.3 is 15.4 Å². The van der Waals surface area contributed by atoms with E-state index in [2.05, 4.69) is 29.7 Å². The van der Waals surface area contributed by atoms with Crippen LogP contribution >= 0.6 is 0 Å². The molecule has 1 aliphatic rings. The number of aryl methyl sites for hydroxylation is 1. The number of benzene rings is 1. The number of methoxy groups -OCH3 is 1. The van der Waals surface area contributed by atoms with Gasteiger partial charge >= 0.3 is 0 Å². The summed E-state index contributed by atoms with van der Waals surface area (Å²) in [4.78, 5) is 0. The van der Waals surface area contributed by atoms with Crippen LogP contribution < -0.4 is 15.4 Å². The standard InChI is InChI=1S/C14H22N2O/c1-11-5-6-13(17-2)8-14(11)16-10-12-4-3-7-15-9-12/h5-6,8,12,15-16H,3-4,7,9-10H2,1-2H3. The molecule has 1 aromatic carbocycles. The average molecular weight is 234 g/mol. The lowest BCUT2D eigenvalue weighted by atomic mass is 9.99. The summed E-state index contributed by atoms with van der Waals surface area (Å²) in [6.07, 6.45) is 2.62. The fraction of sp³-hybridized carbons (Fsp3) is 0.571. The lowest BCUT2D eigenvalue weighted by molar-refractivity contribution is 0.392. The predicted molar refractivity (Wildman–Crippen MR) is 71.8 cm³/mol. The van der Waals surface area contributed by atoms with Crippen molar-refractivity contribution in [3.63, 3.8) is 0 Å². The molecule has 0 aromatic heterocycles. The minimum atomic E-state index is 0.745. The minimum absolute atomic E-state index is 0.745. The van der Waals surface area contributed by atoms with Gasteiger partial charge in [-0.15, -0.1) is 0 Å². The van der Waals surface area contributed by atoms with Crippen molar-refractivity contribution in [2.75, 3.05) is 32.1 Å². The van der Waals surface area contributed by atoms with Crippen molar-refractivity contribution in [3.8, 4) is 5.75 Å². The van der Waals surface area contributed by atoms with E-state index in [9.17, 15) is 0 Å². The van der Waals surface area contributed by atoms with E-state index in [1.165, 1.54) is 30.6 Å². The molecule has 2 rings (SSSR count). The third-order valence-electron chi connectivity index (χ3n) is 3.42. The van der Waals surface area contributed by atoms with Gasteiger partial charge in [0.05, 0.1) is 7.11 Å². The van der Waals surface area contributed by atoms with Crippen LogP contribution in [-0.2, 0) is 0 Å². The number of nitrogens with one attached hydrogen (secondary N) is 2. The molecule has 0 radical (unpaired) electrons. The molecular formula is C14H22N2O. The van der Waals surface area contributed by atoms with E-state index in [4.69, 9.17) is 4.74 Å². The molecule has 0 amide bonds. The predicted octanol–water partition coefficient (Wildman–Crippen LogP) is 2.42. The first-order chi connectivity index (χ1) is 8.29. The molecule has 1 atom stereocenters. The minimum Gasteiger partial charge on any atom is -0.497 e. The Hall–Kier alpha value is -1.22. The molecule has 3 nitrogen and oxygen atoms in total. The first-order valence-electron chi connectivity index (χ1n) is 6.39. The van der Waals surface area contributed by atoms with Gasteiger partial charge in [-0.3, -0.25) is 0 Å². The summed E-state index contributed by atoms with van der Waals surface area (Å²) >= 11 is 0. The van der Waals surface area contributed by atoms with Gasteiger partial charge in [-0.1, -0.05) is 6.07 Å². The molecule has 0 aliphatic carbocycles. The van der Waals surface area contributed by atoms with Gasteiger partial charge in [-0.25, -0.2) is 0 Å². The molecule has 1 heterocycles. The van der Waals surface area contributed by atoms with Crippen LogP contribution in [0, 0.1) is 12.8 Å². The number of ether oxygens (including phenoxy) is 1. The molecule has 94 valence electrons. The van der Waals surface area contributed by atoms with E-state index in [0.717, 1.165) is 24.8 Å². The summed E-state index contributed by atoms with van der Waals surface area (Å²) in [5, 5.41) is 6.98. The van der Waals surface area contributed by atoms with E-state index in [1.54, 1.807) is 7.11 Å². The highest BCUT2D eigenvalue weighted by atomic mass is 16.5. The second kappa shape index (κ2) is 5.92. The molecule has 1 saturated heterocycles. The van der Waals surface area contributed by atoms with Gasteiger partial charge in [0.2, 0.25) is 0 Å². The Kier molecular flexibility index (Phi) is 4.26. The molecule has 0 spiro atoms. The molecule has 3 heteroatoms. The summed E-state index contributed by atoms with van der Waals surface area (Å²) in [5.41, 5.74) is 2.46. The maximum Gasteiger partial charge on any atom is 0.120 e. The zero-order chi connectivity index (χ0) is 12.1. The molecule has 1 unspecified atom stereocenters. The number of anilines is 1.